The fraction of sp³-hybridized carbons (Fsp3) is 0.417. The molecular formula is C12H15Cl2NO3. The quantitative estimate of drug-likeness (QED) is 0.779. The van der Waals surface area contributed by atoms with Crippen LogP contribution in [0.25, 0.3) is 0 Å². The topological polar surface area (TPSA) is 38.8 Å². The first-order valence-corrected chi connectivity index (χ1v) is 6.29. The van der Waals surface area contributed by atoms with Crippen LogP contribution in [0.1, 0.15) is 24.2 Å². The number of halogens is 2. The molecule has 6 heteroatoms. The molecule has 0 aliphatic rings. The van der Waals surface area contributed by atoms with Crippen molar-refractivity contribution in [1.29, 1.82) is 0 Å². The lowest BCUT2D eigenvalue weighted by Crippen LogP contribution is -2.27. The van der Waals surface area contributed by atoms with Crippen molar-refractivity contribution in [2.45, 2.75) is 13.8 Å². The first-order chi connectivity index (χ1) is 8.54. The molecular weight excluding hydrogens is 277 g/mol. The maximum absolute atomic E-state index is 12.0. The lowest BCUT2D eigenvalue weighted by atomic mass is 10.2. The number of benzene rings is 1. The van der Waals surface area contributed by atoms with E-state index in [0.29, 0.717) is 18.1 Å². The van der Waals surface area contributed by atoms with Crippen LogP contribution in [0, 0.1) is 0 Å². The number of carbonyl (C=O) groups is 1. The van der Waals surface area contributed by atoms with Crippen LogP contribution in [0.15, 0.2) is 12.1 Å². The highest BCUT2D eigenvalue weighted by Gasteiger charge is 2.22. The van der Waals surface area contributed by atoms with Gasteiger partial charge in [-0.1, -0.05) is 23.2 Å². The second-order valence-corrected chi connectivity index (χ2v) is 4.24. The van der Waals surface area contributed by atoms with Gasteiger partial charge >= 0.3 is 5.97 Å². The van der Waals surface area contributed by atoms with Gasteiger partial charge in [-0.25, -0.2) is 4.79 Å². The summed E-state index contributed by atoms with van der Waals surface area (Å²) in [6, 6.07) is 3.10. The normalized spacial score (nSPS) is 10.6. The predicted molar refractivity (Wildman–Crippen MR) is 71.4 cm³/mol. The summed E-state index contributed by atoms with van der Waals surface area (Å²) < 4.78 is 5.09. The molecule has 0 N–H and O–H groups in total. The molecule has 0 radical (unpaired) electrons. The van der Waals surface area contributed by atoms with E-state index in [0.717, 1.165) is 0 Å². The van der Waals surface area contributed by atoms with Gasteiger partial charge in [0.25, 0.3) is 0 Å². The molecule has 1 rings (SSSR count). The van der Waals surface area contributed by atoms with Gasteiger partial charge in [-0.2, -0.15) is 0 Å². The largest absolute Gasteiger partial charge is 0.494 e. The van der Waals surface area contributed by atoms with E-state index in [1.807, 2.05) is 13.8 Å². The summed E-state index contributed by atoms with van der Waals surface area (Å²) in [4.78, 5) is 17.2. The first-order valence-electron chi connectivity index (χ1n) is 5.54. The van der Waals surface area contributed by atoms with Crippen LogP contribution in [0.5, 0.6) is 5.75 Å². The van der Waals surface area contributed by atoms with Crippen LogP contribution in [0.2, 0.25) is 10.0 Å². The van der Waals surface area contributed by atoms with E-state index in [1.54, 1.807) is 6.07 Å². The zero-order valence-corrected chi connectivity index (χ0v) is 12.0. The van der Waals surface area contributed by atoms with Gasteiger partial charge in [0.15, 0.2) is 5.75 Å². The minimum absolute atomic E-state index is 0.138. The van der Waals surface area contributed by atoms with Gasteiger partial charge < -0.3 is 9.57 Å². The van der Waals surface area contributed by atoms with E-state index in [4.69, 9.17) is 32.8 Å². The Hall–Kier alpha value is -0.970. The molecule has 1 aromatic carbocycles. The van der Waals surface area contributed by atoms with Gasteiger partial charge in [0, 0.05) is 13.1 Å². The minimum Gasteiger partial charge on any atom is -0.494 e. The molecule has 0 aromatic heterocycles. The van der Waals surface area contributed by atoms with Crippen LogP contribution < -0.4 is 4.74 Å². The van der Waals surface area contributed by atoms with Gasteiger partial charge in [-0.3, -0.25) is 0 Å². The molecule has 0 aliphatic heterocycles. The highest BCUT2D eigenvalue weighted by atomic mass is 35.5. The number of methoxy groups -OCH3 is 1. The van der Waals surface area contributed by atoms with Crippen molar-refractivity contribution in [1.82, 2.24) is 5.06 Å². The molecule has 0 atom stereocenters. The van der Waals surface area contributed by atoms with Gasteiger partial charge in [0.1, 0.15) is 5.56 Å². The monoisotopic (exact) mass is 291 g/mol. The third-order valence-electron chi connectivity index (χ3n) is 2.38. The molecule has 0 saturated heterocycles. The maximum Gasteiger partial charge on any atom is 0.362 e. The molecule has 18 heavy (non-hydrogen) atoms. The van der Waals surface area contributed by atoms with Crippen molar-refractivity contribution in [3.8, 4) is 5.75 Å². The molecule has 0 saturated carbocycles. The Morgan fingerprint density at radius 2 is 1.78 bits per heavy atom. The highest BCUT2D eigenvalue weighted by molar-refractivity contribution is 6.37. The molecule has 0 aliphatic carbocycles. The van der Waals surface area contributed by atoms with E-state index >= 15 is 0 Å². The Morgan fingerprint density at radius 1 is 1.22 bits per heavy atom. The summed E-state index contributed by atoms with van der Waals surface area (Å²) in [5.41, 5.74) is 0.138. The lowest BCUT2D eigenvalue weighted by molar-refractivity contribution is -0.103. The Balaban J connectivity index is 3.08. The lowest BCUT2D eigenvalue weighted by Gasteiger charge is -2.18. The smallest absolute Gasteiger partial charge is 0.362 e. The number of rotatable bonds is 5. The van der Waals surface area contributed by atoms with Crippen molar-refractivity contribution >= 4 is 29.2 Å². The van der Waals surface area contributed by atoms with E-state index in [9.17, 15) is 4.79 Å². The number of hydrogen-bond donors (Lipinski definition) is 0. The average molecular weight is 292 g/mol. The molecule has 0 amide bonds. The zero-order valence-electron chi connectivity index (χ0n) is 10.5. The van der Waals surface area contributed by atoms with E-state index in [-0.39, 0.29) is 16.3 Å². The molecule has 4 nitrogen and oxygen atoms in total. The van der Waals surface area contributed by atoms with Crippen molar-refractivity contribution in [3.63, 3.8) is 0 Å². The number of hydrogen-bond acceptors (Lipinski definition) is 4. The van der Waals surface area contributed by atoms with E-state index in [1.165, 1.54) is 18.2 Å². The van der Waals surface area contributed by atoms with Crippen LogP contribution >= 0.6 is 23.2 Å². The Bertz CT molecular complexity index is 434. The highest BCUT2D eigenvalue weighted by Crippen LogP contribution is 2.34. The predicted octanol–water partition coefficient (Wildman–Crippen LogP) is 3.42. The zero-order chi connectivity index (χ0) is 13.7. The SMILES string of the molecule is CCN(CC)OC(=O)c1c(Cl)ccc(Cl)c1OC. The third-order valence-corrected chi connectivity index (χ3v) is 3.00. The van der Waals surface area contributed by atoms with Gasteiger partial charge in [-0.15, -0.1) is 5.06 Å². The number of hydroxylamine groups is 2. The number of ether oxygens (including phenoxy) is 1. The van der Waals surface area contributed by atoms with Gasteiger partial charge in [-0.05, 0) is 26.0 Å². The molecule has 0 bridgehead atoms. The maximum atomic E-state index is 12.0. The Kier molecular flexibility index (Phi) is 5.72. The first kappa shape index (κ1) is 15.1. The molecule has 0 heterocycles. The molecule has 1 aromatic rings. The number of nitrogens with zero attached hydrogens (tertiary/aromatic N) is 1. The summed E-state index contributed by atoms with van der Waals surface area (Å²) in [5.74, 6) is -0.357. The van der Waals surface area contributed by atoms with Crippen molar-refractivity contribution in [2.24, 2.45) is 0 Å². The fourth-order valence-electron chi connectivity index (χ4n) is 1.44. The molecule has 0 spiro atoms. The second-order valence-electron chi connectivity index (χ2n) is 3.43. The summed E-state index contributed by atoms with van der Waals surface area (Å²) in [7, 11) is 1.42. The Morgan fingerprint density at radius 3 is 2.28 bits per heavy atom. The van der Waals surface area contributed by atoms with Crippen molar-refractivity contribution in [2.75, 3.05) is 20.2 Å². The van der Waals surface area contributed by atoms with Crippen LogP contribution in [0.3, 0.4) is 0 Å². The fourth-order valence-corrected chi connectivity index (χ4v) is 1.90. The van der Waals surface area contributed by atoms with Gasteiger partial charge in [0.2, 0.25) is 0 Å². The Labute approximate surface area is 116 Å². The summed E-state index contributed by atoms with van der Waals surface area (Å²) >= 11 is 11.9. The molecule has 0 fully saturated rings. The van der Waals surface area contributed by atoms with Crippen molar-refractivity contribution in [3.05, 3.63) is 27.7 Å². The van der Waals surface area contributed by atoms with E-state index < -0.39 is 5.97 Å². The van der Waals surface area contributed by atoms with Crippen LogP contribution in [0.4, 0.5) is 0 Å². The molecule has 0 unspecified atom stereocenters. The summed E-state index contributed by atoms with van der Waals surface area (Å²) in [6.45, 7) is 4.94. The van der Waals surface area contributed by atoms with Gasteiger partial charge in [0.05, 0.1) is 17.2 Å². The third kappa shape index (κ3) is 3.28. The second kappa shape index (κ2) is 6.83. The van der Waals surface area contributed by atoms with Crippen molar-refractivity contribution < 1.29 is 14.4 Å². The summed E-state index contributed by atoms with van der Waals surface area (Å²) in [5, 5.41) is 2.07. The molecule has 100 valence electrons. The summed E-state index contributed by atoms with van der Waals surface area (Å²) in [6.07, 6.45) is 0. The standard InChI is InChI=1S/C12H15Cl2NO3/c1-4-15(5-2)18-12(16)10-8(13)6-7-9(14)11(10)17-3/h6-7H,4-5H2,1-3H3. The van der Waals surface area contributed by atoms with Crippen LogP contribution in [-0.4, -0.2) is 31.2 Å². The van der Waals surface area contributed by atoms with E-state index in [2.05, 4.69) is 0 Å². The minimum atomic E-state index is -0.581. The number of carbonyl (C=O) groups excluding carboxylic acids is 1. The average Bonchev–Trinajstić information content (AvgIpc) is 2.37. The van der Waals surface area contributed by atoms with Crippen LogP contribution in [-0.2, 0) is 4.84 Å².